The molecule has 0 radical (unpaired) electrons. The lowest BCUT2D eigenvalue weighted by Crippen LogP contribution is -2.02. The Kier molecular flexibility index (Phi) is 4.57. The first-order valence-corrected chi connectivity index (χ1v) is 6.77. The summed E-state index contributed by atoms with van der Waals surface area (Å²) in [5.74, 6) is 2.47. The summed E-state index contributed by atoms with van der Waals surface area (Å²) in [4.78, 5) is 4.41. The van der Waals surface area contributed by atoms with Gasteiger partial charge in [-0.3, -0.25) is 0 Å². The molecule has 0 saturated carbocycles. The van der Waals surface area contributed by atoms with Gasteiger partial charge in [-0.2, -0.15) is 0 Å². The van der Waals surface area contributed by atoms with Crippen molar-refractivity contribution in [1.29, 1.82) is 0 Å². The van der Waals surface area contributed by atoms with Gasteiger partial charge >= 0.3 is 0 Å². The summed E-state index contributed by atoms with van der Waals surface area (Å²) in [6, 6.07) is 3.58. The van der Waals surface area contributed by atoms with E-state index in [0.717, 1.165) is 18.5 Å². The van der Waals surface area contributed by atoms with E-state index in [1.54, 1.807) is 39.8 Å². The maximum Gasteiger partial charge on any atom is 0.135 e. The highest BCUT2D eigenvalue weighted by Crippen LogP contribution is 2.43. The number of methoxy groups -OCH3 is 3. The van der Waals surface area contributed by atoms with Crippen molar-refractivity contribution in [2.75, 3.05) is 27.1 Å². The molecule has 0 amide bonds. The van der Waals surface area contributed by atoms with Crippen molar-refractivity contribution in [3.8, 4) is 28.5 Å². The van der Waals surface area contributed by atoms with Gasteiger partial charge in [0.1, 0.15) is 28.8 Å². The topological polar surface area (TPSA) is 71.5 Å². The molecule has 1 aromatic carbocycles. The van der Waals surface area contributed by atoms with Crippen molar-refractivity contribution in [1.82, 2.24) is 9.55 Å². The smallest absolute Gasteiger partial charge is 0.135 e. The molecule has 0 fully saturated rings. The molecule has 6 heteroatoms. The summed E-state index contributed by atoms with van der Waals surface area (Å²) in [6.45, 7) is 2.91. The molecule has 0 unspecified atom stereocenters. The summed E-state index contributed by atoms with van der Waals surface area (Å²) in [6.07, 6.45) is 2.72. The molecular weight excluding hydrogens is 270 g/mol. The third-order valence-corrected chi connectivity index (χ3v) is 3.29. The number of imidazole rings is 1. The van der Waals surface area contributed by atoms with E-state index in [0.29, 0.717) is 28.8 Å². The van der Waals surface area contributed by atoms with Crippen molar-refractivity contribution < 1.29 is 14.2 Å². The van der Waals surface area contributed by atoms with Crippen LogP contribution in [-0.4, -0.2) is 30.9 Å². The number of nitrogens with zero attached hydrogens (tertiary/aromatic N) is 2. The number of anilines is 1. The van der Waals surface area contributed by atoms with Crippen LogP contribution >= 0.6 is 0 Å². The number of benzene rings is 1. The third-order valence-electron chi connectivity index (χ3n) is 3.29. The summed E-state index contributed by atoms with van der Waals surface area (Å²) >= 11 is 0. The summed E-state index contributed by atoms with van der Waals surface area (Å²) < 4.78 is 18.1. The van der Waals surface area contributed by atoms with E-state index in [1.807, 2.05) is 4.57 Å². The van der Waals surface area contributed by atoms with Gasteiger partial charge in [-0.1, -0.05) is 6.92 Å². The first-order chi connectivity index (χ1) is 10.2. The summed E-state index contributed by atoms with van der Waals surface area (Å²) in [7, 11) is 4.78. The van der Waals surface area contributed by atoms with Crippen LogP contribution in [-0.2, 0) is 6.54 Å². The van der Waals surface area contributed by atoms with Crippen LogP contribution in [0.2, 0.25) is 0 Å². The number of aromatic nitrogens is 2. The van der Waals surface area contributed by atoms with Crippen LogP contribution in [0.1, 0.15) is 13.3 Å². The zero-order valence-corrected chi connectivity index (χ0v) is 12.8. The Hall–Kier alpha value is -2.37. The van der Waals surface area contributed by atoms with E-state index in [2.05, 4.69) is 11.9 Å². The van der Waals surface area contributed by atoms with Crippen LogP contribution in [0.4, 0.5) is 5.82 Å². The number of rotatable bonds is 6. The predicted octanol–water partition coefficient (Wildman–Crippen LogP) is 2.57. The van der Waals surface area contributed by atoms with E-state index in [9.17, 15) is 0 Å². The number of nitrogens with two attached hydrogens (primary N) is 1. The lowest BCUT2D eigenvalue weighted by molar-refractivity contribution is 0.377. The standard InChI is InChI=1S/C15H21N3O3/c1-5-6-18-9-17-14(15(18)16)13-11(20-3)7-10(19-2)8-12(13)21-4/h7-9H,5-6,16H2,1-4H3. The molecule has 1 heterocycles. The first kappa shape index (κ1) is 15.0. The molecule has 114 valence electrons. The average Bonchev–Trinajstić information content (AvgIpc) is 2.87. The van der Waals surface area contributed by atoms with Gasteiger partial charge in [-0.15, -0.1) is 0 Å². The van der Waals surface area contributed by atoms with Gasteiger partial charge in [0.2, 0.25) is 0 Å². The van der Waals surface area contributed by atoms with Gasteiger partial charge in [0, 0.05) is 18.7 Å². The molecule has 0 spiro atoms. The quantitative estimate of drug-likeness (QED) is 0.885. The fourth-order valence-electron chi connectivity index (χ4n) is 2.24. The van der Waals surface area contributed by atoms with Gasteiger partial charge in [0.25, 0.3) is 0 Å². The zero-order chi connectivity index (χ0) is 15.4. The van der Waals surface area contributed by atoms with Crippen LogP contribution in [0.5, 0.6) is 17.2 Å². The highest BCUT2D eigenvalue weighted by atomic mass is 16.5. The molecule has 2 rings (SSSR count). The monoisotopic (exact) mass is 291 g/mol. The van der Waals surface area contributed by atoms with Gasteiger partial charge in [-0.25, -0.2) is 4.98 Å². The minimum absolute atomic E-state index is 0.596. The number of hydrogen-bond donors (Lipinski definition) is 1. The zero-order valence-electron chi connectivity index (χ0n) is 12.8. The highest BCUT2D eigenvalue weighted by Gasteiger charge is 2.20. The molecule has 2 N–H and O–H groups in total. The van der Waals surface area contributed by atoms with E-state index in [-0.39, 0.29) is 0 Å². The summed E-state index contributed by atoms with van der Waals surface area (Å²) in [5, 5.41) is 0. The number of hydrogen-bond acceptors (Lipinski definition) is 5. The Bertz CT molecular complexity index is 598. The summed E-state index contributed by atoms with van der Waals surface area (Å²) in [5.41, 5.74) is 7.58. The average molecular weight is 291 g/mol. The first-order valence-electron chi connectivity index (χ1n) is 6.77. The lowest BCUT2D eigenvalue weighted by Gasteiger charge is -2.14. The van der Waals surface area contributed by atoms with Gasteiger partial charge < -0.3 is 24.5 Å². The largest absolute Gasteiger partial charge is 0.496 e. The number of nitrogen functional groups attached to an aromatic ring is 1. The van der Waals surface area contributed by atoms with Crippen LogP contribution in [0.25, 0.3) is 11.3 Å². The second-order valence-electron chi connectivity index (χ2n) is 4.58. The Morgan fingerprint density at radius 1 is 1.10 bits per heavy atom. The Balaban J connectivity index is 2.61. The molecule has 1 aromatic heterocycles. The molecule has 0 aliphatic heterocycles. The van der Waals surface area contributed by atoms with Crippen LogP contribution < -0.4 is 19.9 Å². The molecular formula is C15H21N3O3. The van der Waals surface area contributed by atoms with Gasteiger partial charge in [0.05, 0.1) is 33.2 Å². The predicted molar refractivity (Wildman–Crippen MR) is 82.0 cm³/mol. The highest BCUT2D eigenvalue weighted by molar-refractivity contribution is 5.82. The molecule has 0 aliphatic carbocycles. The molecule has 6 nitrogen and oxygen atoms in total. The molecule has 0 saturated heterocycles. The van der Waals surface area contributed by atoms with E-state index in [4.69, 9.17) is 19.9 Å². The molecule has 0 atom stereocenters. The van der Waals surface area contributed by atoms with E-state index < -0.39 is 0 Å². The normalized spacial score (nSPS) is 10.5. The van der Waals surface area contributed by atoms with Crippen molar-refractivity contribution >= 4 is 5.82 Å². The number of aryl methyl sites for hydroxylation is 1. The van der Waals surface area contributed by atoms with Crippen LogP contribution in [0.3, 0.4) is 0 Å². The maximum absolute atomic E-state index is 6.20. The Labute approximate surface area is 124 Å². The Morgan fingerprint density at radius 3 is 2.19 bits per heavy atom. The maximum atomic E-state index is 6.20. The fraction of sp³-hybridized carbons (Fsp3) is 0.400. The van der Waals surface area contributed by atoms with E-state index >= 15 is 0 Å². The fourth-order valence-corrected chi connectivity index (χ4v) is 2.24. The number of ether oxygens (including phenoxy) is 3. The molecule has 21 heavy (non-hydrogen) atoms. The van der Waals surface area contributed by atoms with Crippen LogP contribution in [0, 0.1) is 0 Å². The Morgan fingerprint density at radius 2 is 1.71 bits per heavy atom. The van der Waals surface area contributed by atoms with Crippen LogP contribution in [0.15, 0.2) is 18.5 Å². The van der Waals surface area contributed by atoms with Crippen molar-refractivity contribution in [2.24, 2.45) is 0 Å². The van der Waals surface area contributed by atoms with Crippen molar-refractivity contribution in [3.05, 3.63) is 18.5 Å². The van der Waals surface area contributed by atoms with Crippen molar-refractivity contribution in [2.45, 2.75) is 19.9 Å². The van der Waals surface area contributed by atoms with E-state index in [1.165, 1.54) is 0 Å². The van der Waals surface area contributed by atoms with Gasteiger partial charge in [0.15, 0.2) is 0 Å². The lowest BCUT2D eigenvalue weighted by atomic mass is 10.1. The second kappa shape index (κ2) is 6.39. The minimum Gasteiger partial charge on any atom is -0.496 e. The molecule has 0 aliphatic rings. The van der Waals surface area contributed by atoms with Gasteiger partial charge in [-0.05, 0) is 6.42 Å². The SMILES string of the molecule is CCCn1cnc(-c2c(OC)cc(OC)cc2OC)c1N. The molecule has 2 aromatic rings. The second-order valence-corrected chi connectivity index (χ2v) is 4.58. The van der Waals surface area contributed by atoms with Crippen molar-refractivity contribution in [3.63, 3.8) is 0 Å². The minimum atomic E-state index is 0.596. The third kappa shape index (κ3) is 2.74. The molecule has 0 bridgehead atoms.